The number of hydrogen-bond acceptors (Lipinski definition) is 5. The maximum absolute atomic E-state index is 11.9. The average Bonchev–Trinajstić information content (AvgIpc) is 2.47. The lowest BCUT2D eigenvalue weighted by atomic mass is 10.2. The van der Waals surface area contributed by atoms with Crippen molar-refractivity contribution in [2.75, 3.05) is 46.7 Å². The van der Waals surface area contributed by atoms with Gasteiger partial charge in [0, 0.05) is 19.2 Å². The first kappa shape index (κ1) is 17.8. The Morgan fingerprint density at radius 2 is 1.86 bits per heavy atom. The van der Waals surface area contributed by atoms with Crippen molar-refractivity contribution in [1.29, 1.82) is 0 Å². The van der Waals surface area contributed by atoms with E-state index < -0.39 is 5.91 Å². The van der Waals surface area contributed by atoms with Crippen LogP contribution in [0, 0.1) is 0 Å². The molecule has 22 heavy (non-hydrogen) atoms. The van der Waals surface area contributed by atoms with Gasteiger partial charge in [-0.1, -0.05) is 0 Å². The second-order valence-corrected chi connectivity index (χ2v) is 4.94. The quantitative estimate of drug-likeness (QED) is 0.691. The minimum atomic E-state index is -0.397. The lowest BCUT2D eigenvalue weighted by molar-refractivity contribution is -0.126. The first-order valence-corrected chi connectivity index (χ1v) is 6.89. The zero-order chi connectivity index (χ0) is 16.5. The highest BCUT2D eigenvalue weighted by molar-refractivity contribution is 6.04. The molecule has 2 N–H and O–H groups in total. The third-order valence-electron chi connectivity index (χ3n) is 2.89. The number of likely N-dealkylation sites (N-methyl/N-ethyl adjacent to an activating group) is 1. The third kappa shape index (κ3) is 6.01. The van der Waals surface area contributed by atoms with Crippen LogP contribution in [0.5, 0.6) is 11.5 Å². The molecule has 1 aromatic carbocycles. The van der Waals surface area contributed by atoms with Crippen LogP contribution in [0.1, 0.15) is 6.42 Å². The molecule has 0 aliphatic carbocycles. The monoisotopic (exact) mass is 309 g/mol. The number of methoxy groups -OCH3 is 2. The smallest absolute Gasteiger partial charge is 0.233 e. The van der Waals surface area contributed by atoms with Gasteiger partial charge in [0.05, 0.1) is 19.9 Å². The van der Waals surface area contributed by atoms with Crippen LogP contribution in [0.2, 0.25) is 0 Å². The van der Waals surface area contributed by atoms with Crippen LogP contribution in [0.4, 0.5) is 5.69 Å². The van der Waals surface area contributed by atoms with Crippen LogP contribution in [0.15, 0.2) is 18.2 Å². The molecule has 0 aromatic heterocycles. The van der Waals surface area contributed by atoms with Crippen LogP contribution in [-0.4, -0.2) is 58.1 Å². The van der Waals surface area contributed by atoms with E-state index in [0.717, 1.165) is 6.54 Å². The van der Waals surface area contributed by atoms with E-state index in [1.807, 2.05) is 19.0 Å². The Bertz CT molecular complexity index is 518. The van der Waals surface area contributed by atoms with Crippen molar-refractivity contribution in [3.8, 4) is 11.5 Å². The van der Waals surface area contributed by atoms with E-state index >= 15 is 0 Å². The van der Waals surface area contributed by atoms with Crippen molar-refractivity contribution in [3.05, 3.63) is 18.2 Å². The Labute approximate surface area is 130 Å². The van der Waals surface area contributed by atoms with E-state index in [1.165, 1.54) is 7.11 Å². The summed E-state index contributed by atoms with van der Waals surface area (Å²) < 4.78 is 10.3. The van der Waals surface area contributed by atoms with Crippen molar-refractivity contribution < 1.29 is 19.1 Å². The summed E-state index contributed by atoms with van der Waals surface area (Å²) in [5, 5.41) is 5.34. The highest BCUT2D eigenvalue weighted by Gasteiger charge is 2.12. The Hall–Kier alpha value is -2.28. The fraction of sp³-hybridized carbons (Fsp3) is 0.467. The molecular weight excluding hydrogens is 286 g/mol. The van der Waals surface area contributed by atoms with Gasteiger partial charge in [0.2, 0.25) is 11.8 Å². The van der Waals surface area contributed by atoms with Gasteiger partial charge in [-0.25, -0.2) is 0 Å². The van der Waals surface area contributed by atoms with Gasteiger partial charge in [-0.05, 0) is 26.2 Å². The molecule has 2 amide bonds. The number of nitrogens with zero attached hydrogens (tertiary/aromatic N) is 1. The van der Waals surface area contributed by atoms with E-state index in [-0.39, 0.29) is 12.3 Å². The minimum absolute atomic E-state index is 0.234. The minimum Gasteiger partial charge on any atom is -0.497 e. The second kappa shape index (κ2) is 8.89. The van der Waals surface area contributed by atoms with E-state index in [4.69, 9.17) is 9.47 Å². The molecule has 7 nitrogen and oxygen atoms in total. The fourth-order valence-electron chi connectivity index (χ4n) is 1.72. The van der Waals surface area contributed by atoms with Crippen LogP contribution in [0.25, 0.3) is 0 Å². The Morgan fingerprint density at radius 3 is 2.45 bits per heavy atom. The van der Waals surface area contributed by atoms with Gasteiger partial charge < -0.3 is 25.0 Å². The van der Waals surface area contributed by atoms with Crippen molar-refractivity contribution in [3.63, 3.8) is 0 Å². The van der Waals surface area contributed by atoms with Crippen molar-refractivity contribution in [2.45, 2.75) is 6.42 Å². The number of benzene rings is 1. The molecule has 0 aliphatic rings. The lowest BCUT2D eigenvalue weighted by Crippen LogP contribution is -2.33. The SMILES string of the molecule is COc1ccc(NC(=O)CC(=O)NCCN(C)C)c(OC)c1. The lowest BCUT2D eigenvalue weighted by Gasteiger charge is -2.12. The molecule has 0 heterocycles. The van der Waals surface area contributed by atoms with Gasteiger partial charge in [0.1, 0.15) is 17.9 Å². The standard InChI is InChI=1S/C15H23N3O4/c1-18(2)8-7-16-14(19)10-15(20)17-12-6-5-11(21-3)9-13(12)22-4/h5-6,9H,7-8,10H2,1-4H3,(H,16,19)(H,17,20). The number of amides is 2. The summed E-state index contributed by atoms with van der Waals surface area (Å²) in [7, 11) is 6.87. The molecule has 0 spiro atoms. The molecule has 0 aliphatic heterocycles. The number of carbonyl (C=O) groups is 2. The highest BCUT2D eigenvalue weighted by atomic mass is 16.5. The van der Waals surface area contributed by atoms with Crippen LogP contribution >= 0.6 is 0 Å². The first-order chi connectivity index (χ1) is 10.5. The maximum atomic E-state index is 11.9. The van der Waals surface area contributed by atoms with Crippen molar-refractivity contribution >= 4 is 17.5 Å². The number of rotatable bonds is 8. The van der Waals surface area contributed by atoms with Gasteiger partial charge in [0.25, 0.3) is 0 Å². The van der Waals surface area contributed by atoms with E-state index in [9.17, 15) is 9.59 Å². The summed E-state index contributed by atoms with van der Waals surface area (Å²) in [6, 6.07) is 5.03. The summed E-state index contributed by atoms with van der Waals surface area (Å²) in [6.45, 7) is 1.23. The largest absolute Gasteiger partial charge is 0.497 e. The zero-order valence-electron chi connectivity index (χ0n) is 13.4. The van der Waals surface area contributed by atoms with Gasteiger partial charge in [0.15, 0.2) is 0 Å². The first-order valence-electron chi connectivity index (χ1n) is 6.89. The molecule has 1 aromatic rings. The predicted molar refractivity (Wildman–Crippen MR) is 84.4 cm³/mol. The van der Waals surface area contributed by atoms with Crippen LogP contribution < -0.4 is 20.1 Å². The molecule has 0 atom stereocenters. The molecule has 0 unspecified atom stereocenters. The maximum Gasteiger partial charge on any atom is 0.233 e. The van der Waals surface area contributed by atoms with E-state index in [0.29, 0.717) is 23.7 Å². The van der Waals surface area contributed by atoms with Crippen LogP contribution in [-0.2, 0) is 9.59 Å². The summed E-state index contributed by atoms with van der Waals surface area (Å²) in [4.78, 5) is 25.5. The summed E-state index contributed by atoms with van der Waals surface area (Å²) in [6.07, 6.45) is -0.234. The van der Waals surface area contributed by atoms with Crippen LogP contribution in [0.3, 0.4) is 0 Å². The fourth-order valence-corrected chi connectivity index (χ4v) is 1.72. The van der Waals surface area contributed by atoms with Crippen molar-refractivity contribution in [1.82, 2.24) is 10.2 Å². The zero-order valence-corrected chi connectivity index (χ0v) is 13.4. The number of nitrogens with one attached hydrogen (secondary N) is 2. The summed E-state index contributed by atoms with van der Waals surface area (Å²) in [5.41, 5.74) is 0.495. The molecule has 1 rings (SSSR count). The number of hydrogen-bond donors (Lipinski definition) is 2. The van der Waals surface area contributed by atoms with E-state index in [1.54, 1.807) is 25.3 Å². The Balaban J connectivity index is 2.52. The third-order valence-corrected chi connectivity index (χ3v) is 2.89. The average molecular weight is 309 g/mol. The molecule has 0 fully saturated rings. The van der Waals surface area contributed by atoms with Crippen molar-refractivity contribution in [2.24, 2.45) is 0 Å². The predicted octanol–water partition coefficient (Wildman–Crippen LogP) is 0.710. The van der Waals surface area contributed by atoms with Gasteiger partial charge >= 0.3 is 0 Å². The molecule has 0 radical (unpaired) electrons. The number of carbonyl (C=O) groups excluding carboxylic acids is 2. The summed E-state index contributed by atoms with van der Waals surface area (Å²) >= 11 is 0. The number of ether oxygens (including phenoxy) is 2. The molecule has 7 heteroatoms. The number of anilines is 1. The molecule has 0 saturated carbocycles. The molecule has 0 bridgehead atoms. The van der Waals surface area contributed by atoms with Gasteiger partial charge in [-0.3, -0.25) is 9.59 Å². The Morgan fingerprint density at radius 1 is 1.14 bits per heavy atom. The Kier molecular flexibility index (Phi) is 7.18. The van der Waals surface area contributed by atoms with Gasteiger partial charge in [-0.2, -0.15) is 0 Å². The normalized spacial score (nSPS) is 10.2. The molecular formula is C15H23N3O4. The van der Waals surface area contributed by atoms with Gasteiger partial charge in [-0.15, -0.1) is 0 Å². The molecule has 122 valence electrons. The van der Waals surface area contributed by atoms with E-state index in [2.05, 4.69) is 10.6 Å². The highest BCUT2D eigenvalue weighted by Crippen LogP contribution is 2.28. The second-order valence-electron chi connectivity index (χ2n) is 4.94. The summed E-state index contributed by atoms with van der Waals surface area (Å²) in [5.74, 6) is 0.384. The topological polar surface area (TPSA) is 79.9 Å². The molecule has 0 saturated heterocycles.